The van der Waals surface area contributed by atoms with E-state index in [1.165, 1.54) is 63.4 Å². The quantitative estimate of drug-likeness (QED) is 0.0712. The number of ether oxygens (including phenoxy) is 3. The smallest absolute Gasteiger partial charge is 0.293 e. The van der Waals surface area contributed by atoms with E-state index in [4.69, 9.17) is 14.2 Å². The molecule has 6 rings (SSSR count). The van der Waals surface area contributed by atoms with Gasteiger partial charge in [-0.1, -0.05) is 102 Å². The predicted octanol–water partition coefficient (Wildman–Crippen LogP) is 10.6. The molecule has 4 amide bonds. The molecule has 0 spiro atoms. The van der Waals surface area contributed by atoms with Crippen molar-refractivity contribution in [2.45, 2.75) is 223 Å². The lowest BCUT2D eigenvalue weighted by molar-refractivity contribution is -0.244. The van der Waals surface area contributed by atoms with Crippen LogP contribution in [0, 0.1) is 86.3 Å². The van der Waals surface area contributed by atoms with Crippen LogP contribution < -0.4 is 10.6 Å². The highest BCUT2D eigenvalue weighted by Gasteiger charge is 2.71. The minimum atomic E-state index is -0.752. The summed E-state index contributed by atoms with van der Waals surface area (Å²) in [7, 11) is 8.81. The maximum absolute atomic E-state index is 14.6. The van der Waals surface area contributed by atoms with Crippen molar-refractivity contribution in [2.24, 2.45) is 86.3 Å². The van der Waals surface area contributed by atoms with Crippen molar-refractivity contribution in [3.63, 3.8) is 0 Å². The molecule has 6 unspecified atom stereocenters. The number of methoxy groups -OCH3 is 2. The summed E-state index contributed by atoms with van der Waals surface area (Å²) in [5.74, 6) is 2.22. The topological polar surface area (TPSA) is 147 Å². The van der Waals surface area contributed by atoms with Gasteiger partial charge >= 0.3 is 0 Å². The summed E-state index contributed by atoms with van der Waals surface area (Å²) in [4.78, 5) is 74.0. The molecule has 0 aromatic rings. The molecule has 1 aliphatic heterocycles. The van der Waals surface area contributed by atoms with E-state index in [-0.39, 0.29) is 80.9 Å². The van der Waals surface area contributed by atoms with Gasteiger partial charge < -0.3 is 34.6 Å². The lowest BCUT2D eigenvalue weighted by atomic mass is 9.32. The van der Waals surface area contributed by atoms with Crippen molar-refractivity contribution in [2.75, 3.05) is 55.1 Å². The molecular formula is C64H111N5O8. The third kappa shape index (κ3) is 11.7. The lowest BCUT2D eigenvalue weighted by Crippen LogP contribution is -2.66. The first-order valence-electron chi connectivity index (χ1n) is 30.7. The molecule has 5 saturated carbocycles. The number of carbonyl (C=O) groups is 5. The molecule has 0 bridgehead atoms. The molecular weight excluding hydrogens is 967 g/mol. The second kappa shape index (κ2) is 25.0. The second-order valence-electron chi connectivity index (χ2n) is 28.5. The van der Waals surface area contributed by atoms with Crippen molar-refractivity contribution in [3.8, 4) is 0 Å². The second-order valence-corrected chi connectivity index (χ2v) is 28.5. The number of rotatable bonds is 24. The molecule has 13 nitrogen and oxygen atoms in total. The number of fused-ring (bicyclic) bond motifs is 7. The summed E-state index contributed by atoms with van der Waals surface area (Å²) in [6.07, 6.45) is 14.3. The van der Waals surface area contributed by atoms with Crippen LogP contribution in [0.1, 0.15) is 186 Å². The number of nitrogens with one attached hydrogen (secondary N) is 2. The number of allylic oxidation sites excluding steroid dienone is 1. The predicted molar refractivity (Wildman–Crippen MR) is 307 cm³/mol. The van der Waals surface area contributed by atoms with Gasteiger partial charge in [0.15, 0.2) is 0 Å². The summed E-state index contributed by atoms with van der Waals surface area (Å²) in [6.45, 7) is 36.3. The average Bonchev–Trinajstić information content (AvgIpc) is 4.03. The third-order valence-electron chi connectivity index (χ3n) is 23.7. The third-order valence-corrected chi connectivity index (χ3v) is 23.7. The Kier molecular flexibility index (Phi) is 20.5. The standard InChI is InChI=1S/C64H111N5O8/c1-20-42(8)55(68(17)59(74)53(40(4)5)66-58(73)54(41(6)7)67(15)16)48(75-18)36-51(71)69-35-21-22-47(69)56(76-19)43(9)57(72)65-34-33-64-30-26-45(39(2)3)52(64)46-23-24-50-61(12)28-25-44(37-77-38-70)60(10,11)49(61)27-29-63(50,14)62(46,13)31-32-64/h38,40-50,52-56H,2,20-37H2,1,3-19H3,(H,65,72)(H,66,73)/t42-,43+,44+,45-,46?,47?,48+,49?,50?,52?,53?,54-,55-,56+,61-,62+,63+,64+/m0/s1. The van der Waals surface area contributed by atoms with Gasteiger partial charge in [0.1, 0.15) is 6.04 Å². The Morgan fingerprint density at radius 3 is 2.08 bits per heavy atom. The van der Waals surface area contributed by atoms with E-state index < -0.39 is 36.3 Å². The first-order valence-corrected chi connectivity index (χ1v) is 30.7. The van der Waals surface area contributed by atoms with Gasteiger partial charge in [-0.25, -0.2) is 0 Å². The van der Waals surface area contributed by atoms with E-state index in [0.29, 0.717) is 61.7 Å². The summed E-state index contributed by atoms with van der Waals surface area (Å²) < 4.78 is 17.8. The Labute approximate surface area is 468 Å². The van der Waals surface area contributed by atoms with Gasteiger partial charge in [-0.15, -0.1) is 0 Å². The van der Waals surface area contributed by atoms with Crippen LogP contribution in [0.4, 0.5) is 0 Å². The lowest BCUT2D eigenvalue weighted by Gasteiger charge is -2.73. The van der Waals surface area contributed by atoms with Gasteiger partial charge in [0, 0.05) is 34.4 Å². The molecule has 0 aromatic carbocycles. The zero-order valence-electron chi connectivity index (χ0n) is 51.9. The molecule has 13 heteroatoms. The molecule has 1 saturated heterocycles. The van der Waals surface area contributed by atoms with E-state index in [1.54, 1.807) is 26.2 Å². The molecule has 18 atom stereocenters. The number of likely N-dealkylation sites (N-methyl/N-ethyl adjacent to an activating group) is 2. The van der Waals surface area contributed by atoms with Gasteiger partial charge in [-0.2, -0.15) is 0 Å². The number of nitrogens with zero attached hydrogens (tertiary/aromatic N) is 3. The molecule has 6 fully saturated rings. The Morgan fingerprint density at radius 1 is 0.805 bits per heavy atom. The van der Waals surface area contributed by atoms with Crippen LogP contribution in [0.15, 0.2) is 12.2 Å². The van der Waals surface area contributed by atoms with E-state index in [1.807, 2.05) is 58.5 Å². The van der Waals surface area contributed by atoms with E-state index >= 15 is 0 Å². The number of hydrogen-bond donors (Lipinski definition) is 2. The van der Waals surface area contributed by atoms with E-state index in [2.05, 4.69) is 72.6 Å². The number of amides is 4. The zero-order chi connectivity index (χ0) is 57.3. The van der Waals surface area contributed by atoms with Crippen molar-refractivity contribution < 1.29 is 38.2 Å². The highest BCUT2D eigenvalue weighted by Crippen LogP contribution is 2.78. The normalized spacial score (nSPS) is 35.3. The maximum atomic E-state index is 14.6. The molecule has 440 valence electrons. The SMILES string of the molecule is C=C(C)[C@@H]1CC[C@]2(CCNC(=O)[C@H](C)[C@@H](OC)C3CCCN3C(=O)C[C@@H](OC)[C@H]([C@@H](C)CC)N(C)C(=O)C(NC(=O)[C@H](C(C)C)N(C)C)C(C)C)CC[C@]3(C)C(CCC4[C@@]5(C)CC[C@H](COC=O)C(C)(C)C5CC[C@]43C)C12. The van der Waals surface area contributed by atoms with Crippen LogP contribution >= 0.6 is 0 Å². The number of likely N-dealkylation sites (tertiary alicyclic amines) is 1. The molecule has 2 N–H and O–H groups in total. The van der Waals surface area contributed by atoms with Crippen molar-refractivity contribution in [3.05, 3.63) is 12.2 Å². The van der Waals surface area contributed by atoms with Crippen LogP contribution in [-0.4, -0.2) is 136 Å². The molecule has 5 aliphatic carbocycles. The Bertz CT molecular complexity index is 2070. The van der Waals surface area contributed by atoms with Crippen LogP contribution in [0.25, 0.3) is 0 Å². The minimum Gasteiger partial charge on any atom is -0.468 e. The average molecular weight is 1080 g/mol. The summed E-state index contributed by atoms with van der Waals surface area (Å²) in [5, 5.41) is 6.53. The van der Waals surface area contributed by atoms with E-state index in [0.717, 1.165) is 32.1 Å². The highest BCUT2D eigenvalue weighted by atomic mass is 16.5. The first kappa shape index (κ1) is 63.2. The van der Waals surface area contributed by atoms with Gasteiger partial charge in [0.25, 0.3) is 6.47 Å². The Morgan fingerprint density at radius 2 is 1.49 bits per heavy atom. The zero-order valence-corrected chi connectivity index (χ0v) is 51.9. The largest absolute Gasteiger partial charge is 0.468 e. The fourth-order valence-corrected chi connectivity index (χ4v) is 19.3. The summed E-state index contributed by atoms with van der Waals surface area (Å²) >= 11 is 0. The van der Waals surface area contributed by atoms with E-state index in [9.17, 15) is 24.0 Å². The fraction of sp³-hybridized carbons (Fsp3) is 0.891. The highest BCUT2D eigenvalue weighted by molar-refractivity contribution is 5.90. The molecule has 1 heterocycles. The van der Waals surface area contributed by atoms with Crippen LogP contribution in [0.5, 0.6) is 0 Å². The fourth-order valence-electron chi connectivity index (χ4n) is 19.3. The Hall–Kier alpha value is -3.03. The van der Waals surface area contributed by atoms with Gasteiger partial charge in [-0.05, 0) is 185 Å². The van der Waals surface area contributed by atoms with Crippen molar-refractivity contribution in [1.82, 2.24) is 25.3 Å². The Balaban J connectivity index is 1.12. The number of carbonyl (C=O) groups excluding carboxylic acids is 5. The maximum Gasteiger partial charge on any atom is 0.293 e. The monoisotopic (exact) mass is 1080 g/mol. The van der Waals surface area contributed by atoms with Crippen LogP contribution in [-0.2, 0) is 38.2 Å². The summed E-state index contributed by atoms with van der Waals surface area (Å²) in [6, 6.07) is -1.86. The first-order chi connectivity index (χ1) is 36.1. The van der Waals surface area contributed by atoms with Gasteiger partial charge in [-0.3, -0.25) is 28.9 Å². The molecule has 0 aromatic heterocycles. The minimum absolute atomic E-state index is 0.00751. The summed E-state index contributed by atoms with van der Waals surface area (Å²) in [5.41, 5.74) is 2.31. The van der Waals surface area contributed by atoms with Crippen LogP contribution in [0.3, 0.4) is 0 Å². The molecule has 6 aliphatic rings. The van der Waals surface area contributed by atoms with Gasteiger partial charge in [0.05, 0.1) is 49.3 Å². The van der Waals surface area contributed by atoms with Crippen molar-refractivity contribution in [1.29, 1.82) is 0 Å². The molecule has 0 radical (unpaired) electrons. The van der Waals surface area contributed by atoms with Gasteiger partial charge in [0.2, 0.25) is 23.6 Å². The van der Waals surface area contributed by atoms with Crippen molar-refractivity contribution >= 4 is 30.1 Å². The van der Waals surface area contributed by atoms with Crippen LogP contribution in [0.2, 0.25) is 0 Å². The number of hydrogen-bond acceptors (Lipinski definition) is 9. The molecule has 77 heavy (non-hydrogen) atoms.